The topological polar surface area (TPSA) is 54.4 Å². The summed E-state index contributed by atoms with van der Waals surface area (Å²) in [7, 11) is 0. The van der Waals surface area contributed by atoms with Crippen molar-refractivity contribution in [2.45, 2.75) is 0 Å². The van der Waals surface area contributed by atoms with Gasteiger partial charge >= 0.3 is 5.97 Å². The van der Waals surface area contributed by atoms with E-state index in [0.29, 0.717) is 0 Å². The van der Waals surface area contributed by atoms with Gasteiger partial charge in [-0.3, -0.25) is 4.79 Å². The molecule has 0 aliphatic rings. The molecule has 0 heterocycles. The summed E-state index contributed by atoms with van der Waals surface area (Å²) in [5.74, 6) is -5.96. The number of ketones is 1. The number of hydrogen-bond acceptors (Lipinski definition) is 2. The van der Waals surface area contributed by atoms with E-state index in [4.69, 9.17) is 5.11 Å². The first-order valence-electron chi connectivity index (χ1n) is 3.25. The quantitative estimate of drug-likeness (QED) is 0.558. The molecule has 0 saturated heterocycles. The van der Waals surface area contributed by atoms with Crippen LogP contribution >= 0.6 is 0 Å². The van der Waals surface area contributed by atoms with Crippen molar-refractivity contribution in [3.05, 3.63) is 35.4 Å². The molecule has 0 fully saturated rings. The van der Waals surface area contributed by atoms with E-state index in [2.05, 4.69) is 0 Å². The van der Waals surface area contributed by atoms with Crippen molar-refractivity contribution < 1.29 is 23.5 Å². The van der Waals surface area contributed by atoms with Crippen LogP contribution in [-0.2, 0) is 4.79 Å². The summed E-state index contributed by atoms with van der Waals surface area (Å²) in [5, 5.41) is 8.21. The Hall–Kier alpha value is -1.78. The molecule has 0 saturated carbocycles. The van der Waals surface area contributed by atoms with E-state index in [0.717, 1.165) is 18.2 Å². The molecule has 0 amide bonds. The largest absolute Gasteiger partial charge is 0.475 e. The molecule has 1 rings (SSSR count). The fourth-order valence-corrected chi connectivity index (χ4v) is 0.794. The first kappa shape index (κ1) is 9.31. The van der Waals surface area contributed by atoms with Gasteiger partial charge in [-0.05, 0) is 12.1 Å². The van der Waals surface area contributed by atoms with Gasteiger partial charge in [-0.1, -0.05) is 6.07 Å². The highest BCUT2D eigenvalue weighted by atomic mass is 19.2. The summed E-state index contributed by atoms with van der Waals surface area (Å²) >= 11 is 0. The van der Waals surface area contributed by atoms with Gasteiger partial charge in [0.05, 0.1) is 5.56 Å². The minimum absolute atomic E-state index is 0.771. The number of benzene rings is 1. The molecule has 0 bridgehead atoms. The summed E-state index contributed by atoms with van der Waals surface area (Å²) in [6.45, 7) is 0. The van der Waals surface area contributed by atoms with Gasteiger partial charge in [0.2, 0.25) is 0 Å². The molecule has 13 heavy (non-hydrogen) atoms. The lowest BCUT2D eigenvalue weighted by Gasteiger charge is -1.98. The molecule has 0 spiro atoms. The van der Waals surface area contributed by atoms with Crippen LogP contribution < -0.4 is 0 Å². The number of halogens is 2. The predicted molar refractivity (Wildman–Crippen MR) is 38.3 cm³/mol. The van der Waals surface area contributed by atoms with E-state index < -0.39 is 29.0 Å². The Balaban J connectivity index is 3.23. The normalized spacial score (nSPS) is 9.69. The zero-order valence-corrected chi connectivity index (χ0v) is 6.25. The lowest BCUT2D eigenvalue weighted by molar-refractivity contribution is -0.131. The van der Waals surface area contributed by atoms with Gasteiger partial charge in [0.1, 0.15) is 0 Å². The summed E-state index contributed by atoms with van der Waals surface area (Å²) in [5.41, 5.74) is -0.771. The predicted octanol–water partition coefficient (Wildman–Crippen LogP) is 1.23. The van der Waals surface area contributed by atoms with E-state index in [1.807, 2.05) is 0 Å². The fraction of sp³-hybridized carbons (Fsp3) is 0. The van der Waals surface area contributed by atoms with Crippen LogP contribution in [0.3, 0.4) is 0 Å². The monoisotopic (exact) mass is 186 g/mol. The maximum Gasteiger partial charge on any atom is 0.377 e. The van der Waals surface area contributed by atoms with Crippen LogP contribution in [-0.4, -0.2) is 16.9 Å². The molecule has 1 aromatic carbocycles. The van der Waals surface area contributed by atoms with Crippen molar-refractivity contribution in [3.8, 4) is 0 Å². The van der Waals surface area contributed by atoms with Gasteiger partial charge in [-0.15, -0.1) is 0 Å². The number of aliphatic carboxylic acids is 1. The van der Waals surface area contributed by atoms with Crippen LogP contribution in [0.5, 0.6) is 0 Å². The Morgan fingerprint density at radius 1 is 1.23 bits per heavy atom. The molecule has 1 aromatic rings. The number of carboxylic acids is 1. The average Bonchev–Trinajstić information content (AvgIpc) is 2.08. The van der Waals surface area contributed by atoms with E-state index in [1.54, 1.807) is 0 Å². The maximum atomic E-state index is 12.8. The van der Waals surface area contributed by atoms with Crippen LogP contribution in [0, 0.1) is 11.6 Å². The maximum absolute atomic E-state index is 12.8. The Labute approximate surface area is 71.6 Å². The van der Waals surface area contributed by atoms with Gasteiger partial charge in [0.15, 0.2) is 11.6 Å². The second-order valence-electron chi connectivity index (χ2n) is 2.24. The SMILES string of the molecule is O=C(O)C(=O)c1cccc(F)c1F. The average molecular weight is 186 g/mol. The van der Waals surface area contributed by atoms with Crippen LogP contribution in [0.2, 0.25) is 0 Å². The van der Waals surface area contributed by atoms with Gasteiger partial charge in [0.25, 0.3) is 5.78 Å². The number of carboxylic acid groups (broad SMARTS) is 1. The number of rotatable bonds is 2. The van der Waals surface area contributed by atoms with Crippen molar-refractivity contribution in [1.82, 2.24) is 0 Å². The molecular formula is C8H4F2O3. The molecule has 0 atom stereocenters. The van der Waals surface area contributed by atoms with Gasteiger partial charge < -0.3 is 5.11 Å². The van der Waals surface area contributed by atoms with Crippen LogP contribution in [0.1, 0.15) is 10.4 Å². The lowest BCUT2D eigenvalue weighted by Crippen LogP contribution is -2.15. The Morgan fingerprint density at radius 3 is 2.38 bits per heavy atom. The summed E-state index contributed by atoms with van der Waals surface area (Å²) in [4.78, 5) is 20.8. The van der Waals surface area contributed by atoms with E-state index in [9.17, 15) is 18.4 Å². The summed E-state index contributed by atoms with van der Waals surface area (Å²) < 4.78 is 25.2. The first-order valence-corrected chi connectivity index (χ1v) is 3.25. The minimum Gasteiger partial charge on any atom is -0.475 e. The van der Waals surface area contributed by atoms with Crippen molar-refractivity contribution in [3.63, 3.8) is 0 Å². The first-order chi connectivity index (χ1) is 6.04. The molecule has 0 unspecified atom stereocenters. The zero-order valence-electron chi connectivity index (χ0n) is 6.25. The van der Waals surface area contributed by atoms with Gasteiger partial charge in [-0.25, -0.2) is 13.6 Å². The third-order valence-corrected chi connectivity index (χ3v) is 1.39. The number of Topliss-reactive ketones (excluding diaryl/α,β-unsaturated/α-hetero) is 1. The van der Waals surface area contributed by atoms with Gasteiger partial charge in [0, 0.05) is 0 Å². The fourth-order valence-electron chi connectivity index (χ4n) is 0.794. The summed E-state index contributed by atoms with van der Waals surface area (Å²) in [6, 6.07) is 2.78. The molecule has 3 nitrogen and oxygen atoms in total. The Bertz CT molecular complexity index is 374. The Morgan fingerprint density at radius 2 is 1.85 bits per heavy atom. The summed E-state index contributed by atoms with van der Waals surface area (Å²) in [6.07, 6.45) is 0. The highest BCUT2D eigenvalue weighted by Gasteiger charge is 2.20. The molecule has 0 aliphatic carbocycles. The highest BCUT2D eigenvalue weighted by Crippen LogP contribution is 2.11. The lowest BCUT2D eigenvalue weighted by atomic mass is 10.1. The molecule has 0 radical (unpaired) electrons. The smallest absolute Gasteiger partial charge is 0.377 e. The van der Waals surface area contributed by atoms with E-state index in [1.165, 1.54) is 0 Å². The number of hydrogen-bond donors (Lipinski definition) is 1. The molecule has 0 aromatic heterocycles. The van der Waals surface area contributed by atoms with E-state index >= 15 is 0 Å². The van der Waals surface area contributed by atoms with Crippen molar-refractivity contribution in [2.75, 3.05) is 0 Å². The van der Waals surface area contributed by atoms with Crippen LogP contribution in [0.25, 0.3) is 0 Å². The minimum atomic E-state index is -1.82. The standard InChI is InChI=1S/C8H4F2O3/c9-5-3-1-2-4(6(5)10)7(11)8(12)13/h1-3H,(H,12,13). The van der Waals surface area contributed by atoms with E-state index in [-0.39, 0.29) is 0 Å². The van der Waals surface area contributed by atoms with Gasteiger partial charge in [-0.2, -0.15) is 0 Å². The molecule has 68 valence electrons. The molecular weight excluding hydrogens is 182 g/mol. The third kappa shape index (κ3) is 1.69. The number of carbonyl (C=O) groups excluding carboxylic acids is 1. The van der Waals surface area contributed by atoms with Crippen molar-refractivity contribution in [2.24, 2.45) is 0 Å². The van der Waals surface area contributed by atoms with Crippen LogP contribution in [0.15, 0.2) is 18.2 Å². The number of carbonyl (C=O) groups is 2. The second-order valence-corrected chi connectivity index (χ2v) is 2.24. The second kappa shape index (κ2) is 3.30. The molecule has 0 aliphatic heterocycles. The zero-order chi connectivity index (χ0) is 10.0. The van der Waals surface area contributed by atoms with Crippen LogP contribution in [0.4, 0.5) is 8.78 Å². The van der Waals surface area contributed by atoms with Crippen molar-refractivity contribution >= 4 is 11.8 Å². The molecule has 5 heteroatoms. The Kier molecular flexibility index (Phi) is 2.36. The van der Waals surface area contributed by atoms with Crippen molar-refractivity contribution in [1.29, 1.82) is 0 Å². The molecule has 1 N–H and O–H groups in total. The highest BCUT2D eigenvalue weighted by molar-refractivity contribution is 6.39. The third-order valence-electron chi connectivity index (χ3n) is 1.39.